The van der Waals surface area contributed by atoms with Gasteiger partial charge in [-0.2, -0.15) is 0 Å². The normalized spacial score (nSPS) is 21.0. The van der Waals surface area contributed by atoms with Crippen LogP contribution in [0.1, 0.15) is 23.6 Å². The van der Waals surface area contributed by atoms with Crippen LogP contribution >= 0.6 is 0 Å². The molecular formula is C12H16N2O. The monoisotopic (exact) mass is 204 g/mol. The lowest BCUT2D eigenvalue weighted by Gasteiger charge is -2.33. The van der Waals surface area contributed by atoms with Crippen LogP contribution in [0.5, 0.6) is 0 Å². The fourth-order valence-corrected chi connectivity index (χ4v) is 2.23. The summed E-state index contributed by atoms with van der Waals surface area (Å²) in [6, 6.07) is 8.46. The van der Waals surface area contributed by atoms with E-state index in [4.69, 9.17) is 5.73 Å². The standard InChI is InChI=1S/C12H16N2O/c1-14-7-6-9-4-2-3-5-10(9)11(14)8-12(13)15/h2-5,11H,6-8H2,1H3,(H2,13,15). The molecule has 1 unspecified atom stereocenters. The molecule has 1 aromatic carbocycles. The van der Waals surface area contributed by atoms with Gasteiger partial charge >= 0.3 is 0 Å². The molecule has 0 saturated carbocycles. The SMILES string of the molecule is CN1CCc2ccccc2C1CC(N)=O. The third-order valence-electron chi connectivity index (χ3n) is 3.07. The number of likely N-dealkylation sites (N-methyl/N-ethyl adjacent to an activating group) is 1. The quantitative estimate of drug-likeness (QED) is 0.784. The highest BCUT2D eigenvalue weighted by atomic mass is 16.1. The highest BCUT2D eigenvalue weighted by Gasteiger charge is 2.25. The zero-order valence-electron chi connectivity index (χ0n) is 8.94. The molecule has 0 aromatic heterocycles. The van der Waals surface area contributed by atoms with Crippen molar-refractivity contribution in [1.29, 1.82) is 0 Å². The fourth-order valence-electron chi connectivity index (χ4n) is 2.23. The molecular weight excluding hydrogens is 188 g/mol. The Balaban J connectivity index is 2.32. The molecule has 0 spiro atoms. The minimum Gasteiger partial charge on any atom is -0.370 e. The van der Waals surface area contributed by atoms with E-state index >= 15 is 0 Å². The summed E-state index contributed by atoms with van der Waals surface area (Å²) in [6.07, 6.45) is 1.47. The molecule has 2 N–H and O–H groups in total. The van der Waals surface area contributed by atoms with Crippen LogP contribution in [0.3, 0.4) is 0 Å². The molecule has 1 amide bonds. The van der Waals surface area contributed by atoms with Crippen molar-refractivity contribution >= 4 is 5.91 Å². The molecule has 1 aliphatic heterocycles. The van der Waals surface area contributed by atoms with Crippen molar-refractivity contribution in [2.45, 2.75) is 18.9 Å². The predicted octanol–water partition coefficient (Wildman–Crippen LogP) is 1.09. The Labute approximate surface area is 89.9 Å². The highest BCUT2D eigenvalue weighted by Crippen LogP contribution is 2.30. The highest BCUT2D eigenvalue weighted by molar-refractivity contribution is 5.74. The second-order valence-corrected chi connectivity index (χ2v) is 4.12. The Kier molecular flexibility index (Phi) is 2.73. The first kappa shape index (κ1) is 10.2. The van der Waals surface area contributed by atoms with Crippen LogP contribution in [0.4, 0.5) is 0 Å². The lowest BCUT2D eigenvalue weighted by Crippen LogP contribution is -2.34. The number of fused-ring (bicyclic) bond motifs is 1. The summed E-state index contributed by atoms with van der Waals surface area (Å²) in [7, 11) is 2.05. The maximum atomic E-state index is 11.0. The summed E-state index contributed by atoms with van der Waals surface area (Å²) >= 11 is 0. The van der Waals surface area contributed by atoms with Gasteiger partial charge in [0, 0.05) is 19.0 Å². The van der Waals surface area contributed by atoms with Gasteiger partial charge in [-0.15, -0.1) is 0 Å². The Morgan fingerprint density at radius 1 is 1.53 bits per heavy atom. The van der Waals surface area contributed by atoms with Crippen molar-refractivity contribution in [3.8, 4) is 0 Å². The van der Waals surface area contributed by atoms with Crippen molar-refractivity contribution in [3.63, 3.8) is 0 Å². The van der Waals surface area contributed by atoms with E-state index in [1.165, 1.54) is 11.1 Å². The molecule has 1 heterocycles. The molecule has 0 bridgehead atoms. The molecule has 15 heavy (non-hydrogen) atoms. The van der Waals surface area contributed by atoms with Gasteiger partial charge < -0.3 is 5.73 Å². The van der Waals surface area contributed by atoms with Crippen molar-refractivity contribution in [3.05, 3.63) is 35.4 Å². The molecule has 0 radical (unpaired) electrons. The van der Waals surface area contributed by atoms with Gasteiger partial charge in [-0.3, -0.25) is 9.69 Å². The van der Waals surface area contributed by atoms with Crippen LogP contribution in [-0.2, 0) is 11.2 Å². The minimum atomic E-state index is -0.233. The van der Waals surface area contributed by atoms with Gasteiger partial charge in [0.05, 0.1) is 0 Å². The molecule has 80 valence electrons. The molecule has 3 heteroatoms. The first-order valence-corrected chi connectivity index (χ1v) is 5.25. The first-order chi connectivity index (χ1) is 7.18. The van der Waals surface area contributed by atoms with E-state index in [9.17, 15) is 4.79 Å². The van der Waals surface area contributed by atoms with Crippen molar-refractivity contribution in [1.82, 2.24) is 4.90 Å². The second-order valence-electron chi connectivity index (χ2n) is 4.12. The number of rotatable bonds is 2. The molecule has 1 atom stereocenters. The smallest absolute Gasteiger partial charge is 0.219 e. The number of carbonyl (C=O) groups excluding carboxylic acids is 1. The zero-order valence-corrected chi connectivity index (χ0v) is 8.94. The minimum absolute atomic E-state index is 0.160. The van der Waals surface area contributed by atoms with Crippen LogP contribution in [0.25, 0.3) is 0 Å². The number of hydrogen-bond donors (Lipinski definition) is 1. The number of amides is 1. The van der Waals surface area contributed by atoms with E-state index in [0.717, 1.165) is 13.0 Å². The van der Waals surface area contributed by atoms with Crippen LogP contribution in [0.15, 0.2) is 24.3 Å². The summed E-state index contributed by atoms with van der Waals surface area (Å²) in [6.45, 7) is 0.995. The van der Waals surface area contributed by atoms with Crippen LogP contribution in [0, 0.1) is 0 Å². The third kappa shape index (κ3) is 2.02. The molecule has 2 rings (SSSR count). The summed E-state index contributed by atoms with van der Waals surface area (Å²) in [5.74, 6) is -0.233. The Morgan fingerprint density at radius 3 is 3.00 bits per heavy atom. The summed E-state index contributed by atoms with van der Waals surface area (Å²) in [4.78, 5) is 13.2. The van der Waals surface area contributed by atoms with Gasteiger partial charge in [0.15, 0.2) is 0 Å². The van der Waals surface area contributed by atoms with Crippen molar-refractivity contribution in [2.75, 3.05) is 13.6 Å². The van der Waals surface area contributed by atoms with Gasteiger partial charge in [0.25, 0.3) is 0 Å². The Hall–Kier alpha value is -1.35. The fraction of sp³-hybridized carbons (Fsp3) is 0.417. The number of carbonyl (C=O) groups is 1. The topological polar surface area (TPSA) is 46.3 Å². The lowest BCUT2D eigenvalue weighted by atomic mass is 9.91. The largest absolute Gasteiger partial charge is 0.370 e. The van der Waals surface area contributed by atoms with E-state index < -0.39 is 0 Å². The third-order valence-corrected chi connectivity index (χ3v) is 3.07. The summed E-state index contributed by atoms with van der Waals surface area (Å²) in [5.41, 5.74) is 7.88. The predicted molar refractivity (Wildman–Crippen MR) is 59.3 cm³/mol. The van der Waals surface area contributed by atoms with E-state index in [1.54, 1.807) is 0 Å². The van der Waals surface area contributed by atoms with Crippen molar-refractivity contribution < 1.29 is 4.79 Å². The van der Waals surface area contributed by atoms with Crippen LogP contribution < -0.4 is 5.73 Å². The molecule has 0 saturated heterocycles. The maximum Gasteiger partial charge on any atom is 0.219 e. The van der Waals surface area contributed by atoms with E-state index in [1.807, 2.05) is 19.2 Å². The van der Waals surface area contributed by atoms with Crippen LogP contribution in [0.2, 0.25) is 0 Å². The number of benzene rings is 1. The van der Waals surface area contributed by atoms with Gasteiger partial charge in [-0.25, -0.2) is 0 Å². The van der Waals surface area contributed by atoms with Crippen molar-refractivity contribution in [2.24, 2.45) is 5.73 Å². The first-order valence-electron chi connectivity index (χ1n) is 5.25. The number of nitrogens with two attached hydrogens (primary N) is 1. The number of hydrogen-bond acceptors (Lipinski definition) is 2. The van der Waals surface area contributed by atoms with Gasteiger partial charge in [-0.05, 0) is 24.6 Å². The molecule has 0 fully saturated rings. The van der Waals surface area contributed by atoms with E-state index in [-0.39, 0.29) is 11.9 Å². The molecule has 3 nitrogen and oxygen atoms in total. The Morgan fingerprint density at radius 2 is 2.27 bits per heavy atom. The van der Waals surface area contributed by atoms with Gasteiger partial charge in [0.2, 0.25) is 5.91 Å². The Bertz CT molecular complexity index is 376. The van der Waals surface area contributed by atoms with Crippen LogP contribution in [-0.4, -0.2) is 24.4 Å². The maximum absolute atomic E-state index is 11.0. The van der Waals surface area contributed by atoms with Gasteiger partial charge in [-0.1, -0.05) is 24.3 Å². The lowest BCUT2D eigenvalue weighted by molar-refractivity contribution is -0.119. The molecule has 0 aliphatic carbocycles. The second kappa shape index (κ2) is 4.03. The number of primary amides is 1. The van der Waals surface area contributed by atoms with E-state index in [0.29, 0.717) is 6.42 Å². The van der Waals surface area contributed by atoms with Gasteiger partial charge in [0.1, 0.15) is 0 Å². The average molecular weight is 204 g/mol. The summed E-state index contributed by atoms with van der Waals surface area (Å²) < 4.78 is 0. The van der Waals surface area contributed by atoms with E-state index in [2.05, 4.69) is 17.0 Å². The molecule has 1 aromatic rings. The zero-order chi connectivity index (χ0) is 10.8. The number of nitrogens with zero attached hydrogens (tertiary/aromatic N) is 1. The summed E-state index contributed by atoms with van der Waals surface area (Å²) in [5, 5.41) is 0. The average Bonchev–Trinajstić information content (AvgIpc) is 2.22. The molecule has 1 aliphatic rings.